The quantitative estimate of drug-likeness (QED) is 0.332. The molecule has 0 radical (unpaired) electrons. The maximum atomic E-state index is 12.7. The summed E-state index contributed by atoms with van der Waals surface area (Å²) in [5, 5.41) is 30.0. The Kier molecular flexibility index (Phi) is 6.12. The first-order valence-corrected chi connectivity index (χ1v) is 8.01. The molecule has 0 saturated carbocycles. The Bertz CT molecular complexity index is 957. The van der Waals surface area contributed by atoms with E-state index >= 15 is 0 Å². The van der Waals surface area contributed by atoms with E-state index in [9.17, 15) is 25.0 Å². The monoisotopic (exact) mass is 387 g/mol. The summed E-state index contributed by atoms with van der Waals surface area (Å²) in [6, 6.07) is 4.55. The fraction of sp³-hybridized carbons (Fsp3) is 0.278. The Hall–Kier alpha value is -3.71. The van der Waals surface area contributed by atoms with Crippen molar-refractivity contribution in [2.24, 2.45) is 0 Å². The van der Waals surface area contributed by atoms with Gasteiger partial charge >= 0.3 is 5.69 Å². The third kappa shape index (κ3) is 3.43. The predicted octanol–water partition coefficient (Wildman–Crippen LogP) is 1.20. The van der Waals surface area contributed by atoms with Crippen LogP contribution in [-0.4, -0.2) is 54.1 Å². The molecule has 0 spiro atoms. The zero-order valence-corrected chi connectivity index (χ0v) is 15.4. The Morgan fingerprint density at radius 2 is 1.96 bits per heavy atom. The zero-order valence-electron chi connectivity index (χ0n) is 15.4. The summed E-state index contributed by atoms with van der Waals surface area (Å²) in [6.45, 7) is 0.615. The highest BCUT2D eigenvalue weighted by Crippen LogP contribution is 2.41. The Morgan fingerprint density at radius 1 is 1.29 bits per heavy atom. The summed E-state index contributed by atoms with van der Waals surface area (Å²) in [4.78, 5) is 36.6. The minimum Gasteiger partial charge on any atom is -0.493 e. The molecule has 1 aliphatic rings. The minimum absolute atomic E-state index is 0.0286. The van der Waals surface area contributed by atoms with Crippen molar-refractivity contribution in [2.75, 3.05) is 27.4 Å². The molecule has 0 aromatic heterocycles. The average molecular weight is 387 g/mol. The summed E-state index contributed by atoms with van der Waals surface area (Å²) in [5.41, 5.74) is -0.655. The minimum atomic E-state index is -0.821. The van der Waals surface area contributed by atoms with Crippen LogP contribution in [0, 0.1) is 21.4 Å². The largest absolute Gasteiger partial charge is 0.493 e. The third-order valence-corrected chi connectivity index (χ3v) is 4.18. The number of carbonyl (C=O) groups is 2. The maximum Gasteiger partial charge on any atom is 0.322 e. The van der Waals surface area contributed by atoms with Gasteiger partial charge in [-0.05, 0) is 30.7 Å². The molecule has 0 atom stereocenters. The number of hydrogen-bond acceptors (Lipinski definition) is 8. The second-order valence-corrected chi connectivity index (χ2v) is 5.65. The highest BCUT2D eigenvalue weighted by Gasteiger charge is 2.36. The van der Waals surface area contributed by atoms with Crippen molar-refractivity contribution in [1.29, 1.82) is 5.26 Å². The van der Waals surface area contributed by atoms with Gasteiger partial charge in [0.05, 0.1) is 37.9 Å². The lowest BCUT2D eigenvalue weighted by atomic mass is 9.93. The fourth-order valence-electron chi connectivity index (χ4n) is 2.82. The molecule has 10 heteroatoms. The zero-order chi connectivity index (χ0) is 21.0. The number of nitro groups is 1. The van der Waals surface area contributed by atoms with Gasteiger partial charge in [-0.2, -0.15) is 5.26 Å². The predicted molar refractivity (Wildman–Crippen MR) is 96.3 cm³/mol. The topological polar surface area (TPSA) is 143 Å². The van der Waals surface area contributed by atoms with Gasteiger partial charge in [0, 0.05) is 5.57 Å². The molecule has 0 unspecified atom stereocenters. The van der Waals surface area contributed by atoms with Crippen LogP contribution in [-0.2, 0) is 9.59 Å². The number of ether oxygens (including phenoxy) is 2. The van der Waals surface area contributed by atoms with E-state index in [-0.39, 0.29) is 40.3 Å². The Balaban J connectivity index is 2.77. The van der Waals surface area contributed by atoms with Gasteiger partial charge in [0.1, 0.15) is 11.6 Å². The van der Waals surface area contributed by atoms with E-state index in [0.717, 1.165) is 4.90 Å². The summed E-state index contributed by atoms with van der Waals surface area (Å²) >= 11 is 0. The molecule has 1 N–H and O–H groups in total. The molecule has 10 nitrogen and oxygen atoms in total. The molecule has 1 aromatic rings. The van der Waals surface area contributed by atoms with Crippen molar-refractivity contribution in [2.45, 2.75) is 6.92 Å². The highest BCUT2D eigenvalue weighted by atomic mass is 16.6. The van der Waals surface area contributed by atoms with E-state index in [0.29, 0.717) is 0 Å². The third-order valence-electron chi connectivity index (χ3n) is 4.18. The number of β-amino-alcohol motifs (C(OH)–C–C–N with tert-alkyl or cyclic N) is 1. The van der Waals surface area contributed by atoms with E-state index in [1.165, 1.54) is 39.4 Å². The molecular formula is C18H17N3O7. The van der Waals surface area contributed by atoms with Gasteiger partial charge in [-0.3, -0.25) is 24.6 Å². The van der Waals surface area contributed by atoms with Gasteiger partial charge in [0.25, 0.3) is 11.8 Å². The van der Waals surface area contributed by atoms with Crippen LogP contribution in [0.4, 0.5) is 5.69 Å². The first-order chi connectivity index (χ1) is 13.3. The van der Waals surface area contributed by atoms with Gasteiger partial charge in [0.2, 0.25) is 5.75 Å². The Labute approximate surface area is 160 Å². The van der Waals surface area contributed by atoms with Crippen molar-refractivity contribution in [3.63, 3.8) is 0 Å². The second-order valence-electron chi connectivity index (χ2n) is 5.65. The lowest BCUT2D eigenvalue weighted by Crippen LogP contribution is -2.44. The number of methoxy groups -OCH3 is 2. The van der Waals surface area contributed by atoms with Crippen LogP contribution >= 0.6 is 0 Å². The molecule has 1 aromatic carbocycles. The molecule has 146 valence electrons. The number of aliphatic hydroxyl groups excluding tert-OH is 1. The molecule has 0 fully saturated rings. The standard InChI is InChI=1S/C18H17N3O7/c1-10-12(17(23)20(6-7-22)18(24)13(10)9-19)8-11-4-5-14(27-2)16(28-3)15(11)21(25)26/h4-5,8,22H,6-7H2,1-3H3/b12-8+. The molecule has 2 rings (SSSR count). The molecule has 1 heterocycles. The van der Waals surface area contributed by atoms with Gasteiger partial charge < -0.3 is 14.6 Å². The van der Waals surface area contributed by atoms with Crippen molar-refractivity contribution in [3.05, 3.63) is 44.5 Å². The lowest BCUT2D eigenvalue weighted by molar-refractivity contribution is -0.386. The molecule has 0 saturated heterocycles. The summed E-state index contributed by atoms with van der Waals surface area (Å²) in [7, 11) is 2.57. The number of hydrogen-bond donors (Lipinski definition) is 1. The first kappa shape index (κ1) is 20.6. The molecule has 28 heavy (non-hydrogen) atoms. The number of carbonyl (C=O) groups excluding carboxylic acids is 2. The number of nitriles is 1. The SMILES string of the molecule is COc1ccc(/C=C2/C(=O)N(CCO)C(=O)C(C#N)=C2C)c([N+](=O)[O-])c1OC. The van der Waals surface area contributed by atoms with Crippen molar-refractivity contribution < 1.29 is 29.1 Å². The second kappa shape index (κ2) is 8.32. The molecule has 2 amide bonds. The van der Waals surface area contributed by atoms with Crippen LogP contribution in [0.5, 0.6) is 11.5 Å². The van der Waals surface area contributed by atoms with Crippen molar-refractivity contribution in [3.8, 4) is 17.6 Å². The smallest absolute Gasteiger partial charge is 0.322 e. The molecule has 0 aliphatic carbocycles. The lowest BCUT2D eigenvalue weighted by Gasteiger charge is -2.26. The summed E-state index contributed by atoms with van der Waals surface area (Å²) < 4.78 is 10.2. The van der Waals surface area contributed by atoms with E-state index in [1.54, 1.807) is 6.07 Å². The van der Waals surface area contributed by atoms with E-state index in [1.807, 2.05) is 0 Å². The highest BCUT2D eigenvalue weighted by molar-refractivity contribution is 6.19. The summed E-state index contributed by atoms with van der Waals surface area (Å²) in [5.74, 6) is -1.58. The first-order valence-electron chi connectivity index (χ1n) is 8.01. The van der Waals surface area contributed by atoms with Crippen LogP contribution < -0.4 is 9.47 Å². The van der Waals surface area contributed by atoms with Crippen molar-refractivity contribution >= 4 is 23.6 Å². The maximum absolute atomic E-state index is 12.7. The van der Waals surface area contributed by atoms with Crippen LogP contribution in [0.2, 0.25) is 0 Å². The van der Waals surface area contributed by atoms with Crippen LogP contribution in [0.3, 0.4) is 0 Å². The number of imide groups is 1. The average Bonchev–Trinajstić information content (AvgIpc) is 2.67. The van der Waals surface area contributed by atoms with Gasteiger partial charge in [-0.15, -0.1) is 0 Å². The van der Waals surface area contributed by atoms with Gasteiger partial charge in [-0.25, -0.2) is 0 Å². The van der Waals surface area contributed by atoms with Gasteiger partial charge in [-0.1, -0.05) is 0 Å². The van der Waals surface area contributed by atoms with Crippen LogP contribution in [0.1, 0.15) is 12.5 Å². The number of nitro benzene ring substituents is 1. The number of aliphatic hydroxyl groups is 1. The van der Waals surface area contributed by atoms with Crippen LogP contribution in [0.25, 0.3) is 6.08 Å². The number of rotatable bonds is 6. The molecule has 1 aliphatic heterocycles. The van der Waals surface area contributed by atoms with E-state index < -0.39 is 29.0 Å². The van der Waals surface area contributed by atoms with Crippen LogP contribution in [0.15, 0.2) is 28.9 Å². The van der Waals surface area contributed by atoms with Gasteiger partial charge in [0.15, 0.2) is 5.75 Å². The summed E-state index contributed by atoms with van der Waals surface area (Å²) in [6.07, 6.45) is 1.21. The normalized spacial score (nSPS) is 15.7. The molecule has 0 bridgehead atoms. The number of nitrogens with zero attached hydrogens (tertiary/aromatic N) is 3. The number of amides is 2. The Morgan fingerprint density at radius 3 is 2.46 bits per heavy atom. The molecular weight excluding hydrogens is 370 g/mol. The van der Waals surface area contributed by atoms with E-state index in [2.05, 4.69) is 0 Å². The fourth-order valence-corrected chi connectivity index (χ4v) is 2.82. The van der Waals surface area contributed by atoms with E-state index in [4.69, 9.17) is 14.6 Å². The number of benzene rings is 1. The van der Waals surface area contributed by atoms with Crippen molar-refractivity contribution in [1.82, 2.24) is 4.90 Å².